The number of hydrogen-bond donors (Lipinski definition) is 0. The summed E-state index contributed by atoms with van der Waals surface area (Å²) in [5.74, 6) is 0.486. The van der Waals surface area contributed by atoms with Crippen LogP contribution < -0.4 is 9.47 Å². The van der Waals surface area contributed by atoms with Crippen LogP contribution in [-0.4, -0.2) is 32.1 Å². The zero-order chi connectivity index (χ0) is 14.5. The molecule has 1 aromatic carbocycles. The van der Waals surface area contributed by atoms with Gasteiger partial charge in [0.15, 0.2) is 11.9 Å². The van der Waals surface area contributed by atoms with Gasteiger partial charge in [-0.3, -0.25) is 4.79 Å². The highest BCUT2D eigenvalue weighted by Gasteiger charge is 2.26. The van der Waals surface area contributed by atoms with E-state index < -0.39 is 12.1 Å². The molecule has 0 saturated heterocycles. The fraction of sp³-hybridized carbons (Fsp3) is 0.467. The van der Waals surface area contributed by atoms with E-state index in [9.17, 15) is 9.59 Å². The van der Waals surface area contributed by atoms with E-state index in [0.29, 0.717) is 29.9 Å². The Labute approximate surface area is 117 Å². The Bertz CT molecular complexity index is 487. The Morgan fingerprint density at radius 3 is 2.30 bits per heavy atom. The van der Waals surface area contributed by atoms with E-state index in [0.717, 1.165) is 12.8 Å². The van der Waals surface area contributed by atoms with Crippen LogP contribution in [0, 0.1) is 0 Å². The second-order valence-corrected chi connectivity index (χ2v) is 4.71. The summed E-state index contributed by atoms with van der Waals surface area (Å²) in [4.78, 5) is 23.8. The highest BCUT2D eigenvalue weighted by Crippen LogP contribution is 2.24. The Morgan fingerprint density at radius 2 is 1.75 bits per heavy atom. The number of carbonyl (C=O) groups excluding carboxylic acids is 2. The van der Waals surface area contributed by atoms with Crippen molar-refractivity contribution in [3.8, 4) is 11.5 Å². The van der Waals surface area contributed by atoms with E-state index in [4.69, 9.17) is 14.2 Å². The number of benzene rings is 1. The summed E-state index contributed by atoms with van der Waals surface area (Å²) in [6, 6.07) is 4.80. The lowest BCUT2D eigenvalue weighted by molar-refractivity contribution is -0.129. The third kappa shape index (κ3) is 3.29. The van der Waals surface area contributed by atoms with Crippen LogP contribution in [0.3, 0.4) is 0 Å². The standard InChI is InChI=1S/C15H18O5/c1-18-11-7-10(8-12(9-11)19-2)15(17)20-14-6-4-3-5-13(14)16/h7-9,14H,3-6H2,1-2H3. The van der Waals surface area contributed by atoms with Crippen LogP contribution in [-0.2, 0) is 9.53 Å². The van der Waals surface area contributed by atoms with Crippen molar-refractivity contribution < 1.29 is 23.8 Å². The molecule has 1 aliphatic carbocycles. The van der Waals surface area contributed by atoms with Gasteiger partial charge in [0, 0.05) is 12.5 Å². The zero-order valence-electron chi connectivity index (χ0n) is 11.7. The number of hydrogen-bond acceptors (Lipinski definition) is 5. The number of esters is 1. The van der Waals surface area contributed by atoms with Crippen molar-refractivity contribution in [2.45, 2.75) is 31.8 Å². The van der Waals surface area contributed by atoms with Crippen molar-refractivity contribution in [1.82, 2.24) is 0 Å². The third-order valence-corrected chi connectivity index (χ3v) is 3.34. The first kappa shape index (κ1) is 14.4. The van der Waals surface area contributed by atoms with E-state index in [1.807, 2.05) is 0 Å². The summed E-state index contributed by atoms with van der Waals surface area (Å²) >= 11 is 0. The highest BCUT2D eigenvalue weighted by atomic mass is 16.5. The maximum atomic E-state index is 12.1. The van der Waals surface area contributed by atoms with Crippen LogP contribution in [0.1, 0.15) is 36.0 Å². The first-order chi connectivity index (χ1) is 9.63. The molecule has 0 amide bonds. The third-order valence-electron chi connectivity index (χ3n) is 3.34. The SMILES string of the molecule is COc1cc(OC)cc(C(=O)OC2CCCCC2=O)c1. The second-order valence-electron chi connectivity index (χ2n) is 4.71. The minimum Gasteiger partial charge on any atom is -0.497 e. The van der Waals surface area contributed by atoms with Crippen molar-refractivity contribution in [3.63, 3.8) is 0 Å². The van der Waals surface area contributed by atoms with Gasteiger partial charge in [0.25, 0.3) is 0 Å². The number of rotatable bonds is 4. The van der Waals surface area contributed by atoms with Crippen LogP contribution >= 0.6 is 0 Å². The van der Waals surface area contributed by atoms with Crippen LogP contribution in [0.25, 0.3) is 0 Å². The lowest BCUT2D eigenvalue weighted by Gasteiger charge is -2.20. The van der Waals surface area contributed by atoms with Gasteiger partial charge in [0.1, 0.15) is 11.5 Å². The summed E-state index contributed by atoms with van der Waals surface area (Å²) in [5, 5.41) is 0. The normalized spacial score (nSPS) is 18.5. The van der Waals surface area contributed by atoms with Crippen molar-refractivity contribution in [1.29, 1.82) is 0 Å². The van der Waals surface area contributed by atoms with E-state index in [2.05, 4.69) is 0 Å². The average Bonchev–Trinajstić information content (AvgIpc) is 2.48. The molecule has 0 spiro atoms. The van der Waals surface area contributed by atoms with Gasteiger partial charge >= 0.3 is 5.97 Å². The van der Waals surface area contributed by atoms with Crippen LogP contribution in [0.5, 0.6) is 11.5 Å². The quantitative estimate of drug-likeness (QED) is 0.791. The van der Waals surface area contributed by atoms with Crippen molar-refractivity contribution >= 4 is 11.8 Å². The topological polar surface area (TPSA) is 61.8 Å². The molecular weight excluding hydrogens is 260 g/mol. The molecule has 0 N–H and O–H groups in total. The molecule has 1 aromatic rings. The Morgan fingerprint density at radius 1 is 1.10 bits per heavy atom. The van der Waals surface area contributed by atoms with Crippen molar-refractivity contribution in [2.75, 3.05) is 14.2 Å². The van der Waals surface area contributed by atoms with E-state index >= 15 is 0 Å². The smallest absolute Gasteiger partial charge is 0.339 e. The number of carbonyl (C=O) groups is 2. The predicted molar refractivity (Wildman–Crippen MR) is 72.2 cm³/mol. The Balaban J connectivity index is 2.13. The lowest BCUT2D eigenvalue weighted by Crippen LogP contribution is -2.30. The zero-order valence-corrected chi connectivity index (χ0v) is 11.7. The van der Waals surface area contributed by atoms with Crippen molar-refractivity contribution in [2.24, 2.45) is 0 Å². The van der Waals surface area contributed by atoms with Gasteiger partial charge in [-0.15, -0.1) is 0 Å². The van der Waals surface area contributed by atoms with Gasteiger partial charge in [-0.05, 0) is 31.4 Å². The average molecular weight is 278 g/mol. The van der Waals surface area contributed by atoms with Gasteiger partial charge in [0.2, 0.25) is 0 Å². The fourth-order valence-electron chi connectivity index (χ4n) is 2.20. The molecule has 5 heteroatoms. The maximum absolute atomic E-state index is 12.1. The minimum atomic E-state index is -0.617. The molecule has 0 radical (unpaired) electrons. The monoisotopic (exact) mass is 278 g/mol. The molecule has 0 heterocycles. The fourth-order valence-corrected chi connectivity index (χ4v) is 2.20. The van der Waals surface area contributed by atoms with E-state index in [1.54, 1.807) is 18.2 Å². The largest absolute Gasteiger partial charge is 0.497 e. The van der Waals surface area contributed by atoms with Gasteiger partial charge < -0.3 is 14.2 Å². The molecule has 1 saturated carbocycles. The molecule has 1 unspecified atom stereocenters. The maximum Gasteiger partial charge on any atom is 0.339 e. The molecule has 1 aliphatic rings. The molecule has 0 aromatic heterocycles. The lowest BCUT2D eigenvalue weighted by atomic mass is 9.96. The molecule has 0 bridgehead atoms. The Hall–Kier alpha value is -2.04. The predicted octanol–water partition coefficient (Wildman–Crippen LogP) is 2.37. The first-order valence-electron chi connectivity index (χ1n) is 6.61. The molecule has 5 nitrogen and oxygen atoms in total. The van der Waals surface area contributed by atoms with Gasteiger partial charge in [0.05, 0.1) is 19.8 Å². The number of methoxy groups -OCH3 is 2. The highest BCUT2D eigenvalue weighted by molar-refractivity contribution is 5.93. The Kier molecular flexibility index (Phi) is 4.61. The van der Waals surface area contributed by atoms with Gasteiger partial charge in [-0.1, -0.05) is 0 Å². The van der Waals surface area contributed by atoms with Crippen LogP contribution in [0.4, 0.5) is 0 Å². The molecular formula is C15H18O5. The molecule has 108 valence electrons. The second kappa shape index (κ2) is 6.41. The molecule has 0 aliphatic heterocycles. The minimum absolute atomic E-state index is 0.000499. The summed E-state index contributed by atoms with van der Waals surface area (Å²) < 4.78 is 15.5. The van der Waals surface area contributed by atoms with Crippen LogP contribution in [0.15, 0.2) is 18.2 Å². The van der Waals surface area contributed by atoms with Gasteiger partial charge in [-0.2, -0.15) is 0 Å². The molecule has 1 atom stereocenters. The molecule has 2 rings (SSSR count). The van der Waals surface area contributed by atoms with E-state index in [-0.39, 0.29) is 5.78 Å². The summed E-state index contributed by atoms with van der Waals surface area (Å²) in [6.07, 6.45) is 2.25. The van der Waals surface area contributed by atoms with Gasteiger partial charge in [-0.25, -0.2) is 4.79 Å². The summed E-state index contributed by atoms with van der Waals surface area (Å²) in [6.45, 7) is 0. The summed E-state index contributed by atoms with van der Waals surface area (Å²) in [7, 11) is 3.02. The van der Waals surface area contributed by atoms with E-state index in [1.165, 1.54) is 14.2 Å². The molecule has 20 heavy (non-hydrogen) atoms. The van der Waals surface area contributed by atoms with Crippen molar-refractivity contribution in [3.05, 3.63) is 23.8 Å². The summed E-state index contributed by atoms with van der Waals surface area (Å²) in [5.41, 5.74) is 0.319. The van der Waals surface area contributed by atoms with Crippen LogP contribution in [0.2, 0.25) is 0 Å². The number of ketones is 1. The molecule has 1 fully saturated rings. The number of ether oxygens (including phenoxy) is 3. The first-order valence-corrected chi connectivity index (χ1v) is 6.61. The number of Topliss-reactive ketones (excluding diaryl/α,β-unsaturated/α-hetero) is 1.